The van der Waals surface area contributed by atoms with Crippen molar-refractivity contribution in [2.45, 2.75) is 31.7 Å². The Balaban J connectivity index is 2.04. The van der Waals surface area contributed by atoms with Crippen molar-refractivity contribution in [3.63, 3.8) is 0 Å². The molecule has 0 bridgehead atoms. The molecule has 0 spiro atoms. The fourth-order valence-corrected chi connectivity index (χ4v) is 2.13. The fraction of sp³-hybridized carbons (Fsp3) is 0.500. The highest BCUT2D eigenvalue weighted by atomic mass is 16.5. The quantitative estimate of drug-likeness (QED) is 0.817. The fourth-order valence-electron chi connectivity index (χ4n) is 2.13. The summed E-state index contributed by atoms with van der Waals surface area (Å²) in [5.74, 6) is 0.393. The van der Waals surface area contributed by atoms with Gasteiger partial charge in [-0.05, 0) is 56.5 Å². The van der Waals surface area contributed by atoms with Gasteiger partial charge in [-0.3, -0.25) is 4.79 Å². The minimum atomic E-state index is -0.834. The molecule has 1 amide bonds. The summed E-state index contributed by atoms with van der Waals surface area (Å²) >= 11 is 0. The van der Waals surface area contributed by atoms with E-state index in [9.17, 15) is 4.79 Å². The molecule has 0 aliphatic heterocycles. The lowest BCUT2D eigenvalue weighted by molar-refractivity contribution is -0.124. The summed E-state index contributed by atoms with van der Waals surface area (Å²) in [4.78, 5) is 11.3. The van der Waals surface area contributed by atoms with Gasteiger partial charge in [0, 0.05) is 0 Å². The molecule has 4 heteroatoms. The van der Waals surface area contributed by atoms with Crippen LogP contribution < -0.4 is 15.8 Å². The molecule has 1 atom stereocenters. The van der Waals surface area contributed by atoms with Gasteiger partial charge in [0.25, 0.3) is 0 Å². The van der Waals surface area contributed by atoms with E-state index in [-0.39, 0.29) is 6.61 Å². The number of carbonyl (C=O) groups is 1. The Morgan fingerprint density at radius 3 is 2.83 bits per heavy atom. The van der Waals surface area contributed by atoms with E-state index in [2.05, 4.69) is 17.4 Å². The predicted octanol–water partition coefficient (Wildman–Crippen LogP) is 1.02. The number of ether oxygens (including phenoxy) is 1. The van der Waals surface area contributed by atoms with E-state index < -0.39 is 11.4 Å². The first-order chi connectivity index (χ1) is 8.55. The maximum atomic E-state index is 11.3. The van der Waals surface area contributed by atoms with Crippen molar-refractivity contribution >= 4 is 5.91 Å². The van der Waals surface area contributed by atoms with E-state index >= 15 is 0 Å². The van der Waals surface area contributed by atoms with Gasteiger partial charge < -0.3 is 15.8 Å². The molecule has 0 radical (unpaired) electrons. The first-order valence-corrected chi connectivity index (χ1v) is 6.28. The van der Waals surface area contributed by atoms with Crippen LogP contribution in [0.5, 0.6) is 5.75 Å². The van der Waals surface area contributed by atoms with Crippen LogP contribution in [0.2, 0.25) is 0 Å². The Hall–Kier alpha value is -1.55. The van der Waals surface area contributed by atoms with Crippen LogP contribution in [0.4, 0.5) is 0 Å². The molecule has 3 N–H and O–H groups in total. The molecule has 0 fully saturated rings. The number of benzene rings is 1. The summed E-state index contributed by atoms with van der Waals surface area (Å²) in [6, 6.07) is 6.14. The molecule has 1 aliphatic rings. The Kier molecular flexibility index (Phi) is 3.57. The van der Waals surface area contributed by atoms with E-state index in [1.54, 1.807) is 14.0 Å². The minimum Gasteiger partial charge on any atom is -0.491 e. The number of aryl methyl sites for hydroxylation is 2. The summed E-state index contributed by atoms with van der Waals surface area (Å²) in [6.45, 7) is 1.97. The average Bonchev–Trinajstić information content (AvgIpc) is 2.82. The zero-order valence-electron chi connectivity index (χ0n) is 11.0. The Labute approximate surface area is 108 Å². The summed E-state index contributed by atoms with van der Waals surface area (Å²) in [7, 11) is 1.71. The van der Waals surface area contributed by atoms with E-state index in [0.717, 1.165) is 18.6 Å². The largest absolute Gasteiger partial charge is 0.491 e. The molecule has 2 rings (SSSR count). The standard InChI is InChI=1S/C14H20N2O2/c1-14(16-2,13(15)17)9-18-12-7-6-10-4-3-5-11(10)8-12/h6-8,16H,3-5,9H2,1-2H3,(H2,15,17). The molecule has 0 aromatic heterocycles. The van der Waals surface area contributed by atoms with Gasteiger partial charge >= 0.3 is 0 Å². The maximum Gasteiger partial charge on any atom is 0.240 e. The van der Waals surface area contributed by atoms with Gasteiger partial charge in [0.1, 0.15) is 17.9 Å². The van der Waals surface area contributed by atoms with Gasteiger partial charge in [-0.15, -0.1) is 0 Å². The van der Waals surface area contributed by atoms with Crippen LogP contribution in [0.25, 0.3) is 0 Å². The minimum absolute atomic E-state index is 0.234. The highest BCUT2D eigenvalue weighted by molar-refractivity contribution is 5.84. The van der Waals surface area contributed by atoms with Crippen molar-refractivity contribution in [2.75, 3.05) is 13.7 Å². The van der Waals surface area contributed by atoms with Crippen LogP contribution in [-0.2, 0) is 17.6 Å². The van der Waals surface area contributed by atoms with E-state index in [4.69, 9.17) is 10.5 Å². The van der Waals surface area contributed by atoms with Gasteiger partial charge in [0.2, 0.25) is 5.91 Å². The Morgan fingerprint density at radius 2 is 2.17 bits per heavy atom. The highest BCUT2D eigenvalue weighted by Gasteiger charge is 2.30. The topological polar surface area (TPSA) is 64.3 Å². The van der Waals surface area contributed by atoms with Crippen molar-refractivity contribution in [3.8, 4) is 5.75 Å². The zero-order chi connectivity index (χ0) is 13.2. The summed E-state index contributed by atoms with van der Waals surface area (Å²) in [5.41, 5.74) is 7.29. The van der Waals surface area contributed by atoms with Gasteiger partial charge in [0.15, 0.2) is 0 Å². The Morgan fingerprint density at radius 1 is 1.44 bits per heavy atom. The number of fused-ring (bicyclic) bond motifs is 1. The van der Waals surface area contributed by atoms with E-state index in [0.29, 0.717) is 0 Å². The molecular formula is C14H20N2O2. The lowest BCUT2D eigenvalue weighted by Crippen LogP contribution is -2.55. The molecule has 1 aromatic carbocycles. The highest BCUT2D eigenvalue weighted by Crippen LogP contribution is 2.26. The molecule has 0 heterocycles. The molecule has 1 unspecified atom stereocenters. The number of nitrogens with one attached hydrogen (secondary N) is 1. The zero-order valence-corrected chi connectivity index (χ0v) is 11.0. The molecule has 98 valence electrons. The van der Waals surface area contributed by atoms with Crippen molar-refractivity contribution in [1.82, 2.24) is 5.32 Å². The second kappa shape index (κ2) is 4.98. The predicted molar refractivity (Wildman–Crippen MR) is 70.6 cm³/mol. The number of nitrogens with two attached hydrogens (primary N) is 1. The number of rotatable bonds is 5. The molecule has 18 heavy (non-hydrogen) atoms. The van der Waals surface area contributed by atoms with Crippen LogP contribution in [0.3, 0.4) is 0 Å². The van der Waals surface area contributed by atoms with Crippen molar-refractivity contribution in [2.24, 2.45) is 5.73 Å². The molecule has 1 aliphatic carbocycles. The van der Waals surface area contributed by atoms with Crippen molar-refractivity contribution in [3.05, 3.63) is 29.3 Å². The van der Waals surface area contributed by atoms with E-state index in [1.807, 2.05) is 6.07 Å². The van der Waals surface area contributed by atoms with E-state index in [1.165, 1.54) is 17.5 Å². The second-order valence-electron chi connectivity index (χ2n) is 5.02. The molecule has 0 saturated heterocycles. The monoisotopic (exact) mass is 248 g/mol. The lowest BCUT2D eigenvalue weighted by atomic mass is 10.0. The number of primary amides is 1. The molecule has 1 aromatic rings. The van der Waals surface area contributed by atoms with Gasteiger partial charge in [0.05, 0.1) is 0 Å². The number of amides is 1. The van der Waals surface area contributed by atoms with Gasteiger partial charge in [-0.25, -0.2) is 0 Å². The molecule has 0 saturated carbocycles. The molecule has 4 nitrogen and oxygen atoms in total. The van der Waals surface area contributed by atoms with Crippen LogP contribution >= 0.6 is 0 Å². The lowest BCUT2D eigenvalue weighted by Gasteiger charge is -2.25. The molecular weight excluding hydrogens is 228 g/mol. The third kappa shape index (κ3) is 2.48. The summed E-state index contributed by atoms with van der Waals surface area (Å²) in [6.07, 6.45) is 3.49. The maximum absolute atomic E-state index is 11.3. The van der Waals surface area contributed by atoms with Crippen LogP contribution in [0.15, 0.2) is 18.2 Å². The normalized spacial score (nSPS) is 17.0. The third-order valence-corrected chi connectivity index (χ3v) is 3.69. The third-order valence-electron chi connectivity index (χ3n) is 3.69. The average molecular weight is 248 g/mol. The number of likely N-dealkylation sites (N-methyl/N-ethyl adjacent to an activating group) is 1. The second-order valence-corrected chi connectivity index (χ2v) is 5.02. The number of hydrogen-bond donors (Lipinski definition) is 2. The Bertz CT molecular complexity index is 459. The van der Waals surface area contributed by atoms with Crippen LogP contribution in [-0.4, -0.2) is 25.1 Å². The smallest absolute Gasteiger partial charge is 0.240 e. The number of carbonyl (C=O) groups excluding carboxylic acids is 1. The SMILES string of the molecule is CNC(C)(COc1ccc2c(c1)CCC2)C(N)=O. The van der Waals surface area contributed by atoms with Crippen molar-refractivity contribution < 1.29 is 9.53 Å². The van der Waals surface area contributed by atoms with Crippen LogP contribution in [0, 0.1) is 0 Å². The summed E-state index contributed by atoms with van der Waals surface area (Å²) in [5, 5.41) is 2.90. The first kappa shape index (κ1) is 12.9. The van der Waals surface area contributed by atoms with Crippen LogP contribution in [0.1, 0.15) is 24.5 Å². The van der Waals surface area contributed by atoms with Crippen molar-refractivity contribution in [1.29, 1.82) is 0 Å². The number of hydrogen-bond acceptors (Lipinski definition) is 3. The summed E-state index contributed by atoms with van der Waals surface area (Å²) < 4.78 is 5.69. The van der Waals surface area contributed by atoms with Gasteiger partial charge in [-0.2, -0.15) is 0 Å². The first-order valence-electron chi connectivity index (χ1n) is 6.28. The van der Waals surface area contributed by atoms with Gasteiger partial charge in [-0.1, -0.05) is 6.07 Å².